The summed E-state index contributed by atoms with van der Waals surface area (Å²) in [5.41, 5.74) is 4.41. The molecule has 1 N–H and O–H groups in total. The summed E-state index contributed by atoms with van der Waals surface area (Å²) in [6.45, 7) is 4.29. The minimum Gasteiger partial charge on any atom is -0.312 e. The molecule has 0 aliphatic carbocycles. The van der Waals surface area contributed by atoms with E-state index in [0.29, 0.717) is 5.25 Å². The maximum absolute atomic E-state index is 3.63. The molecule has 1 aliphatic rings. The molecular formula is C18H21NS. The Labute approximate surface area is 125 Å². The van der Waals surface area contributed by atoms with Gasteiger partial charge < -0.3 is 5.32 Å². The molecule has 0 fully saturated rings. The van der Waals surface area contributed by atoms with Crippen molar-refractivity contribution in [2.45, 2.75) is 36.5 Å². The van der Waals surface area contributed by atoms with Gasteiger partial charge in [0, 0.05) is 23.2 Å². The lowest BCUT2D eigenvalue weighted by molar-refractivity contribution is 0.661. The summed E-state index contributed by atoms with van der Waals surface area (Å²) in [4.78, 5) is 1.47. The summed E-state index contributed by atoms with van der Waals surface area (Å²) in [7, 11) is 0. The number of rotatable bonds is 5. The number of fused-ring (bicyclic) bond motifs is 1. The molecule has 0 radical (unpaired) electrons. The van der Waals surface area contributed by atoms with Crippen molar-refractivity contribution in [3.63, 3.8) is 0 Å². The van der Waals surface area contributed by atoms with Crippen LogP contribution in [-0.2, 0) is 19.4 Å². The van der Waals surface area contributed by atoms with Crippen LogP contribution in [0.1, 0.15) is 23.6 Å². The predicted octanol–water partition coefficient (Wildman–Crippen LogP) is 4.06. The van der Waals surface area contributed by atoms with Crippen molar-refractivity contribution >= 4 is 11.8 Å². The molecule has 2 heteroatoms. The first-order valence-corrected chi connectivity index (χ1v) is 8.27. The fraction of sp³-hybridized carbons (Fsp3) is 0.333. The van der Waals surface area contributed by atoms with Gasteiger partial charge in [0.05, 0.1) is 0 Å². The largest absolute Gasteiger partial charge is 0.312 e. The van der Waals surface area contributed by atoms with Gasteiger partial charge in [-0.2, -0.15) is 0 Å². The number of benzene rings is 2. The van der Waals surface area contributed by atoms with Crippen LogP contribution in [0, 0.1) is 0 Å². The number of hydrogen-bond acceptors (Lipinski definition) is 2. The fourth-order valence-electron chi connectivity index (χ4n) is 2.81. The van der Waals surface area contributed by atoms with E-state index < -0.39 is 0 Å². The molecule has 0 spiro atoms. The van der Waals surface area contributed by atoms with Crippen molar-refractivity contribution in [2.24, 2.45) is 0 Å². The zero-order valence-electron chi connectivity index (χ0n) is 11.9. The molecule has 0 saturated heterocycles. The standard InChI is InChI=1S/C18H21NS/c1-2-14-7-3-4-9-16(14)12-19-13-17-11-15-8-5-6-10-18(15)20-17/h3-10,17,19H,2,11-13H2,1H3. The Morgan fingerprint density at radius 1 is 1.05 bits per heavy atom. The highest BCUT2D eigenvalue weighted by Crippen LogP contribution is 2.36. The molecule has 1 unspecified atom stereocenters. The zero-order chi connectivity index (χ0) is 13.8. The Bertz CT molecular complexity index is 554. The van der Waals surface area contributed by atoms with E-state index in [2.05, 4.69) is 60.8 Å². The molecule has 1 heterocycles. The molecule has 104 valence electrons. The number of thioether (sulfide) groups is 1. The van der Waals surface area contributed by atoms with Crippen LogP contribution in [-0.4, -0.2) is 11.8 Å². The minimum absolute atomic E-state index is 0.682. The smallest absolute Gasteiger partial charge is 0.0260 e. The molecule has 1 nitrogen and oxygen atoms in total. The number of aryl methyl sites for hydroxylation is 1. The molecule has 0 saturated carbocycles. The summed E-state index contributed by atoms with van der Waals surface area (Å²) in [5, 5.41) is 4.31. The first kappa shape index (κ1) is 13.7. The van der Waals surface area contributed by atoms with Gasteiger partial charge in [-0.15, -0.1) is 11.8 Å². The van der Waals surface area contributed by atoms with Crippen LogP contribution in [0.5, 0.6) is 0 Å². The quantitative estimate of drug-likeness (QED) is 0.888. The summed E-state index contributed by atoms with van der Waals surface area (Å²) < 4.78 is 0. The van der Waals surface area contributed by atoms with Crippen LogP contribution in [0.3, 0.4) is 0 Å². The normalized spacial score (nSPS) is 17.1. The van der Waals surface area contributed by atoms with E-state index in [4.69, 9.17) is 0 Å². The highest BCUT2D eigenvalue weighted by Gasteiger charge is 2.21. The van der Waals surface area contributed by atoms with Gasteiger partial charge in [-0.25, -0.2) is 0 Å². The molecule has 2 aromatic rings. The van der Waals surface area contributed by atoms with Gasteiger partial charge in [-0.1, -0.05) is 49.4 Å². The van der Waals surface area contributed by atoms with Crippen molar-refractivity contribution in [2.75, 3.05) is 6.54 Å². The van der Waals surface area contributed by atoms with Gasteiger partial charge >= 0.3 is 0 Å². The maximum Gasteiger partial charge on any atom is 0.0260 e. The second-order valence-electron chi connectivity index (χ2n) is 5.30. The fourth-order valence-corrected chi connectivity index (χ4v) is 4.09. The molecule has 1 aliphatic heterocycles. The average molecular weight is 283 g/mol. The highest BCUT2D eigenvalue weighted by molar-refractivity contribution is 8.00. The van der Waals surface area contributed by atoms with Crippen molar-refractivity contribution in [3.05, 3.63) is 65.2 Å². The highest BCUT2D eigenvalue weighted by atomic mass is 32.2. The van der Waals surface area contributed by atoms with E-state index in [1.165, 1.54) is 28.0 Å². The van der Waals surface area contributed by atoms with Gasteiger partial charge in [-0.3, -0.25) is 0 Å². The molecule has 2 aromatic carbocycles. The Morgan fingerprint density at radius 2 is 1.80 bits per heavy atom. The first-order chi connectivity index (χ1) is 9.86. The Balaban J connectivity index is 1.52. The molecule has 0 amide bonds. The van der Waals surface area contributed by atoms with Crippen molar-refractivity contribution in [3.8, 4) is 0 Å². The van der Waals surface area contributed by atoms with Gasteiger partial charge in [0.2, 0.25) is 0 Å². The predicted molar refractivity (Wildman–Crippen MR) is 87.3 cm³/mol. The van der Waals surface area contributed by atoms with E-state index in [-0.39, 0.29) is 0 Å². The van der Waals surface area contributed by atoms with Crippen LogP contribution in [0.2, 0.25) is 0 Å². The molecule has 1 atom stereocenters. The van der Waals surface area contributed by atoms with E-state index in [9.17, 15) is 0 Å². The second kappa shape index (κ2) is 6.47. The van der Waals surface area contributed by atoms with Crippen LogP contribution < -0.4 is 5.32 Å². The van der Waals surface area contributed by atoms with E-state index >= 15 is 0 Å². The van der Waals surface area contributed by atoms with Crippen molar-refractivity contribution < 1.29 is 0 Å². The Kier molecular flexibility index (Phi) is 4.44. The zero-order valence-corrected chi connectivity index (χ0v) is 12.7. The first-order valence-electron chi connectivity index (χ1n) is 7.39. The molecule has 0 bridgehead atoms. The third-order valence-corrected chi connectivity index (χ3v) is 5.22. The minimum atomic E-state index is 0.682. The van der Waals surface area contributed by atoms with Crippen molar-refractivity contribution in [1.82, 2.24) is 5.32 Å². The summed E-state index contributed by atoms with van der Waals surface area (Å²) in [5.74, 6) is 0. The van der Waals surface area contributed by atoms with Gasteiger partial charge in [0.1, 0.15) is 0 Å². The average Bonchev–Trinajstić information content (AvgIpc) is 2.90. The van der Waals surface area contributed by atoms with Gasteiger partial charge in [0.25, 0.3) is 0 Å². The van der Waals surface area contributed by atoms with Crippen LogP contribution in [0.15, 0.2) is 53.4 Å². The summed E-state index contributed by atoms with van der Waals surface area (Å²) in [6.07, 6.45) is 2.31. The Morgan fingerprint density at radius 3 is 2.60 bits per heavy atom. The van der Waals surface area contributed by atoms with Crippen LogP contribution in [0.4, 0.5) is 0 Å². The summed E-state index contributed by atoms with van der Waals surface area (Å²) in [6, 6.07) is 17.5. The Hall–Kier alpha value is -1.25. The van der Waals surface area contributed by atoms with Gasteiger partial charge in [0.15, 0.2) is 0 Å². The summed E-state index contributed by atoms with van der Waals surface area (Å²) >= 11 is 2.02. The number of nitrogens with one attached hydrogen (secondary N) is 1. The lowest BCUT2D eigenvalue weighted by atomic mass is 10.1. The third kappa shape index (κ3) is 3.08. The lowest BCUT2D eigenvalue weighted by Gasteiger charge is -2.12. The second-order valence-corrected chi connectivity index (χ2v) is 6.65. The lowest BCUT2D eigenvalue weighted by Crippen LogP contribution is -2.24. The van der Waals surface area contributed by atoms with E-state index in [1.807, 2.05) is 11.8 Å². The van der Waals surface area contributed by atoms with Crippen LogP contribution >= 0.6 is 11.8 Å². The van der Waals surface area contributed by atoms with Crippen molar-refractivity contribution in [1.29, 1.82) is 0 Å². The monoisotopic (exact) mass is 283 g/mol. The molecular weight excluding hydrogens is 262 g/mol. The molecule has 20 heavy (non-hydrogen) atoms. The maximum atomic E-state index is 3.63. The van der Waals surface area contributed by atoms with E-state index in [0.717, 1.165) is 19.5 Å². The SMILES string of the molecule is CCc1ccccc1CNCC1Cc2ccccc2S1. The van der Waals surface area contributed by atoms with Gasteiger partial charge in [-0.05, 0) is 35.6 Å². The molecule has 3 rings (SSSR count). The third-order valence-electron chi connectivity index (χ3n) is 3.90. The van der Waals surface area contributed by atoms with E-state index in [1.54, 1.807) is 0 Å². The topological polar surface area (TPSA) is 12.0 Å². The number of hydrogen-bond donors (Lipinski definition) is 1. The van der Waals surface area contributed by atoms with Crippen LogP contribution in [0.25, 0.3) is 0 Å². The molecule has 0 aromatic heterocycles.